The Kier molecular flexibility index (Phi) is 7.26. The number of amides is 1. The van der Waals surface area contributed by atoms with Gasteiger partial charge in [-0.2, -0.15) is 5.10 Å². The molecule has 1 amide bonds. The molecule has 0 bridgehead atoms. The molecular weight excluding hydrogens is 442 g/mol. The van der Waals surface area contributed by atoms with Crippen molar-refractivity contribution >= 4 is 17.6 Å². The second-order valence-electron chi connectivity index (χ2n) is 7.98. The van der Waals surface area contributed by atoms with Gasteiger partial charge in [0.1, 0.15) is 5.75 Å². The molecule has 4 rings (SSSR count). The summed E-state index contributed by atoms with van der Waals surface area (Å²) >= 11 is 0. The highest BCUT2D eigenvalue weighted by Crippen LogP contribution is 2.28. The topological polar surface area (TPSA) is 82.5 Å². The van der Waals surface area contributed by atoms with E-state index in [1.807, 2.05) is 67.6 Å². The van der Waals surface area contributed by atoms with Crippen LogP contribution in [-0.4, -0.2) is 34.4 Å². The Labute approximate surface area is 204 Å². The van der Waals surface area contributed by atoms with Crippen molar-refractivity contribution in [1.82, 2.24) is 9.78 Å². The molecule has 0 aliphatic carbocycles. The van der Waals surface area contributed by atoms with Crippen LogP contribution in [0.2, 0.25) is 0 Å². The SMILES string of the molecule is CCOC(=O)c1cc(-c2cccc(NC(=O)[C@H](C)Oc3ccccc3)c2)n(-c2ccccc2C)n1. The Hall–Kier alpha value is -4.39. The number of anilines is 1. The van der Waals surface area contributed by atoms with E-state index in [2.05, 4.69) is 10.4 Å². The summed E-state index contributed by atoms with van der Waals surface area (Å²) in [5.41, 5.74) is 4.15. The van der Waals surface area contributed by atoms with Gasteiger partial charge in [0.2, 0.25) is 0 Å². The Bertz CT molecular complexity index is 1330. The fourth-order valence-electron chi connectivity index (χ4n) is 3.63. The number of rotatable bonds is 8. The van der Waals surface area contributed by atoms with Gasteiger partial charge in [-0.1, -0.05) is 48.5 Å². The van der Waals surface area contributed by atoms with Gasteiger partial charge in [-0.15, -0.1) is 0 Å². The zero-order chi connectivity index (χ0) is 24.8. The van der Waals surface area contributed by atoms with Gasteiger partial charge in [-0.25, -0.2) is 9.48 Å². The summed E-state index contributed by atoms with van der Waals surface area (Å²) in [7, 11) is 0. The van der Waals surface area contributed by atoms with Crippen molar-refractivity contribution in [3.05, 3.63) is 96.2 Å². The number of ether oxygens (including phenoxy) is 2. The molecular formula is C28H27N3O4. The highest BCUT2D eigenvalue weighted by atomic mass is 16.5. The fourth-order valence-corrected chi connectivity index (χ4v) is 3.63. The number of carbonyl (C=O) groups excluding carboxylic acids is 2. The van der Waals surface area contributed by atoms with Gasteiger partial charge in [0.25, 0.3) is 5.91 Å². The minimum absolute atomic E-state index is 0.212. The molecule has 0 saturated heterocycles. The van der Waals surface area contributed by atoms with Crippen LogP contribution in [0.4, 0.5) is 5.69 Å². The van der Waals surface area contributed by atoms with Gasteiger partial charge in [-0.3, -0.25) is 4.79 Å². The first-order chi connectivity index (χ1) is 17.0. The monoisotopic (exact) mass is 469 g/mol. The molecule has 0 spiro atoms. The summed E-state index contributed by atoms with van der Waals surface area (Å²) in [6, 6.07) is 26.1. The molecule has 1 atom stereocenters. The summed E-state index contributed by atoms with van der Waals surface area (Å²) in [5, 5.41) is 7.44. The van der Waals surface area contributed by atoms with Crippen molar-refractivity contribution in [2.75, 3.05) is 11.9 Å². The summed E-state index contributed by atoms with van der Waals surface area (Å²) in [6.07, 6.45) is -0.686. The van der Waals surface area contributed by atoms with Crippen LogP contribution in [0.15, 0.2) is 84.9 Å². The molecule has 3 aromatic carbocycles. The van der Waals surface area contributed by atoms with Crippen molar-refractivity contribution < 1.29 is 19.1 Å². The first-order valence-corrected chi connectivity index (χ1v) is 11.4. The zero-order valence-electron chi connectivity index (χ0n) is 19.9. The third-order valence-electron chi connectivity index (χ3n) is 5.39. The van der Waals surface area contributed by atoms with Gasteiger partial charge in [0.05, 0.1) is 18.0 Å². The van der Waals surface area contributed by atoms with E-state index in [9.17, 15) is 9.59 Å². The molecule has 0 aliphatic heterocycles. The standard InChI is InChI=1S/C28H27N3O4/c1-4-34-28(33)24-18-26(31(30-24)25-16-9-8-11-19(25)2)21-12-10-13-22(17-21)29-27(32)20(3)35-23-14-6-5-7-15-23/h5-18,20H,4H2,1-3H3,(H,29,32)/t20-/m0/s1. The zero-order valence-corrected chi connectivity index (χ0v) is 19.9. The largest absolute Gasteiger partial charge is 0.481 e. The number of aromatic nitrogens is 2. The molecule has 35 heavy (non-hydrogen) atoms. The van der Waals surface area contributed by atoms with E-state index in [0.29, 0.717) is 17.1 Å². The van der Waals surface area contributed by atoms with Gasteiger partial charge in [0, 0.05) is 11.3 Å². The lowest BCUT2D eigenvalue weighted by Gasteiger charge is -2.15. The van der Waals surface area contributed by atoms with Crippen molar-refractivity contribution in [3.8, 4) is 22.7 Å². The van der Waals surface area contributed by atoms with E-state index >= 15 is 0 Å². The minimum atomic E-state index is -0.686. The number of para-hydroxylation sites is 2. The van der Waals surface area contributed by atoms with Crippen molar-refractivity contribution in [2.24, 2.45) is 0 Å². The van der Waals surface area contributed by atoms with Crippen molar-refractivity contribution in [3.63, 3.8) is 0 Å². The average molecular weight is 470 g/mol. The molecule has 0 saturated carbocycles. The van der Waals surface area contributed by atoms with Crippen molar-refractivity contribution in [2.45, 2.75) is 26.9 Å². The summed E-state index contributed by atoms with van der Waals surface area (Å²) in [5.74, 6) is -0.138. The third kappa shape index (κ3) is 5.58. The van der Waals surface area contributed by atoms with E-state index < -0.39 is 12.1 Å². The molecule has 0 radical (unpaired) electrons. The van der Waals surface area contributed by atoms with Crippen LogP contribution in [0.5, 0.6) is 5.75 Å². The Morgan fingerprint density at radius 3 is 2.46 bits per heavy atom. The molecule has 7 heteroatoms. The molecule has 0 fully saturated rings. The first kappa shape index (κ1) is 23.8. The van der Waals surface area contributed by atoms with Crippen LogP contribution in [0.25, 0.3) is 16.9 Å². The second-order valence-corrected chi connectivity index (χ2v) is 7.98. The van der Waals surface area contributed by atoms with E-state index in [1.165, 1.54) is 0 Å². The van der Waals surface area contributed by atoms with Crippen LogP contribution in [0.1, 0.15) is 29.9 Å². The van der Waals surface area contributed by atoms with Crippen LogP contribution in [-0.2, 0) is 9.53 Å². The quantitative estimate of drug-likeness (QED) is 0.348. The number of hydrogen-bond acceptors (Lipinski definition) is 5. The first-order valence-electron chi connectivity index (χ1n) is 11.4. The Morgan fingerprint density at radius 2 is 1.71 bits per heavy atom. The maximum Gasteiger partial charge on any atom is 0.358 e. The summed E-state index contributed by atoms with van der Waals surface area (Å²) in [6.45, 7) is 5.70. The molecule has 1 heterocycles. The molecule has 178 valence electrons. The maximum atomic E-state index is 12.7. The lowest BCUT2D eigenvalue weighted by atomic mass is 10.1. The van der Waals surface area contributed by atoms with E-state index in [0.717, 1.165) is 16.8 Å². The molecule has 4 aromatic rings. The van der Waals surface area contributed by atoms with Crippen LogP contribution in [0.3, 0.4) is 0 Å². The van der Waals surface area contributed by atoms with Crippen LogP contribution < -0.4 is 10.1 Å². The molecule has 0 unspecified atom stereocenters. The second kappa shape index (κ2) is 10.7. The molecule has 1 aromatic heterocycles. The molecule has 0 aliphatic rings. The lowest BCUT2D eigenvalue weighted by Crippen LogP contribution is -2.30. The molecule has 1 N–H and O–H groups in total. The number of esters is 1. The number of hydrogen-bond donors (Lipinski definition) is 1. The predicted octanol–water partition coefficient (Wildman–Crippen LogP) is 5.43. The highest BCUT2D eigenvalue weighted by molar-refractivity contribution is 5.95. The van der Waals surface area contributed by atoms with Gasteiger partial charge >= 0.3 is 5.97 Å². The Morgan fingerprint density at radius 1 is 0.971 bits per heavy atom. The normalized spacial score (nSPS) is 11.5. The average Bonchev–Trinajstić information content (AvgIpc) is 3.31. The minimum Gasteiger partial charge on any atom is -0.481 e. The predicted molar refractivity (Wildman–Crippen MR) is 135 cm³/mol. The van der Waals surface area contributed by atoms with E-state index in [1.54, 1.807) is 42.8 Å². The highest BCUT2D eigenvalue weighted by Gasteiger charge is 2.20. The smallest absolute Gasteiger partial charge is 0.358 e. The fraction of sp³-hybridized carbons (Fsp3) is 0.179. The lowest BCUT2D eigenvalue weighted by molar-refractivity contribution is -0.122. The van der Waals surface area contributed by atoms with Crippen molar-refractivity contribution in [1.29, 1.82) is 0 Å². The maximum absolute atomic E-state index is 12.7. The van der Waals surface area contributed by atoms with E-state index in [4.69, 9.17) is 9.47 Å². The van der Waals surface area contributed by atoms with Crippen LogP contribution >= 0.6 is 0 Å². The number of nitrogens with zero attached hydrogens (tertiary/aromatic N) is 2. The Balaban J connectivity index is 1.63. The van der Waals surface area contributed by atoms with E-state index in [-0.39, 0.29) is 18.2 Å². The van der Waals surface area contributed by atoms with Gasteiger partial charge in [0.15, 0.2) is 11.8 Å². The number of nitrogens with one attached hydrogen (secondary N) is 1. The number of benzene rings is 3. The molecule has 7 nitrogen and oxygen atoms in total. The van der Waals surface area contributed by atoms with Gasteiger partial charge in [-0.05, 0) is 62.7 Å². The summed E-state index contributed by atoms with van der Waals surface area (Å²) in [4.78, 5) is 25.2. The third-order valence-corrected chi connectivity index (χ3v) is 5.39. The number of carbonyl (C=O) groups is 2. The van der Waals surface area contributed by atoms with Gasteiger partial charge < -0.3 is 14.8 Å². The summed E-state index contributed by atoms with van der Waals surface area (Å²) < 4.78 is 12.6. The van der Waals surface area contributed by atoms with Crippen LogP contribution in [0, 0.1) is 6.92 Å². The number of aryl methyl sites for hydroxylation is 1.